The minimum Gasteiger partial charge on any atom is -0.466 e. The maximum absolute atomic E-state index is 10.7. The van der Waals surface area contributed by atoms with E-state index < -0.39 is 11.3 Å². The van der Waals surface area contributed by atoms with E-state index in [-0.39, 0.29) is 5.57 Å². The van der Waals surface area contributed by atoms with Crippen molar-refractivity contribution < 1.29 is 9.53 Å². The topological polar surface area (TPSA) is 26.3 Å². The Hall–Kier alpha value is -0.760. The SMILES string of the molecule is C=CC(Cl)C(=C)C(=O)OC. The molecule has 0 fully saturated rings. The van der Waals surface area contributed by atoms with E-state index >= 15 is 0 Å². The maximum atomic E-state index is 10.7. The summed E-state index contributed by atoms with van der Waals surface area (Å²) >= 11 is 5.57. The predicted octanol–water partition coefficient (Wildman–Crippen LogP) is 1.51. The molecule has 3 heteroatoms. The Morgan fingerprint density at radius 3 is 2.60 bits per heavy atom. The van der Waals surface area contributed by atoms with Crippen LogP contribution >= 0.6 is 11.6 Å². The van der Waals surface area contributed by atoms with Crippen LogP contribution in [-0.4, -0.2) is 18.5 Å². The van der Waals surface area contributed by atoms with Gasteiger partial charge in [0.05, 0.1) is 18.1 Å². The molecular formula is C7H9ClO2. The number of hydrogen-bond acceptors (Lipinski definition) is 2. The second kappa shape index (κ2) is 4.12. The Morgan fingerprint density at radius 1 is 1.80 bits per heavy atom. The summed E-state index contributed by atoms with van der Waals surface area (Å²) in [6.07, 6.45) is 1.42. The Kier molecular flexibility index (Phi) is 3.81. The zero-order chi connectivity index (χ0) is 8.15. The molecule has 0 saturated heterocycles. The first-order valence-electron chi connectivity index (χ1n) is 2.67. The molecule has 0 amide bonds. The van der Waals surface area contributed by atoms with Crippen molar-refractivity contribution in [2.24, 2.45) is 0 Å². The van der Waals surface area contributed by atoms with Crippen LogP contribution in [0.25, 0.3) is 0 Å². The van der Waals surface area contributed by atoms with Gasteiger partial charge in [-0.3, -0.25) is 0 Å². The van der Waals surface area contributed by atoms with Crippen LogP contribution in [0.5, 0.6) is 0 Å². The highest BCUT2D eigenvalue weighted by Gasteiger charge is 2.12. The first-order valence-corrected chi connectivity index (χ1v) is 3.10. The summed E-state index contributed by atoms with van der Waals surface area (Å²) < 4.78 is 4.36. The molecule has 10 heavy (non-hydrogen) atoms. The standard InChI is InChI=1S/C7H9ClO2/c1-4-6(8)5(2)7(9)10-3/h4,6H,1-2H2,3H3. The molecule has 0 aromatic heterocycles. The third-order valence-electron chi connectivity index (χ3n) is 0.987. The van der Waals surface area contributed by atoms with Crippen LogP contribution in [0.1, 0.15) is 0 Å². The third-order valence-corrected chi connectivity index (χ3v) is 1.43. The van der Waals surface area contributed by atoms with Gasteiger partial charge in [-0.1, -0.05) is 12.7 Å². The third kappa shape index (κ3) is 2.23. The molecule has 1 atom stereocenters. The van der Waals surface area contributed by atoms with Crippen molar-refractivity contribution in [1.82, 2.24) is 0 Å². The quantitative estimate of drug-likeness (QED) is 0.271. The number of methoxy groups -OCH3 is 1. The molecule has 0 rings (SSSR count). The normalized spacial score (nSPS) is 11.8. The van der Waals surface area contributed by atoms with Gasteiger partial charge in [-0.15, -0.1) is 18.2 Å². The molecule has 56 valence electrons. The molecule has 0 aromatic carbocycles. The monoisotopic (exact) mass is 160 g/mol. The fourth-order valence-corrected chi connectivity index (χ4v) is 0.475. The zero-order valence-corrected chi connectivity index (χ0v) is 6.52. The van der Waals surface area contributed by atoms with Crippen LogP contribution in [0.4, 0.5) is 0 Å². The summed E-state index contributed by atoms with van der Waals surface area (Å²) in [5.41, 5.74) is 0.208. The summed E-state index contributed by atoms with van der Waals surface area (Å²) in [5.74, 6) is -0.500. The van der Waals surface area contributed by atoms with Crippen molar-refractivity contribution in [3.05, 3.63) is 24.8 Å². The fraction of sp³-hybridized carbons (Fsp3) is 0.286. The fourth-order valence-electron chi connectivity index (χ4n) is 0.386. The molecule has 0 bridgehead atoms. The Bertz CT molecular complexity index is 163. The van der Waals surface area contributed by atoms with Gasteiger partial charge in [0.1, 0.15) is 0 Å². The number of alkyl halides is 1. The molecular weight excluding hydrogens is 152 g/mol. The molecule has 0 aliphatic carbocycles. The number of esters is 1. The second-order valence-electron chi connectivity index (χ2n) is 1.65. The summed E-state index contributed by atoms with van der Waals surface area (Å²) in [4.78, 5) is 10.7. The van der Waals surface area contributed by atoms with Crippen LogP contribution < -0.4 is 0 Å². The van der Waals surface area contributed by atoms with Crippen LogP contribution in [0.3, 0.4) is 0 Å². The molecule has 0 aromatic rings. The van der Waals surface area contributed by atoms with Crippen molar-refractivity contribution in [3.8, 4) is 0 Å². The molecule has 0 heterocycles. The number of rotatable bonds is 3. The number of allylic oxidation sites excluding steroid dienone is 1. The zero-order valence-electron chi connectivity index (χ0n) is 5.76. The second-order valence-corrected chi connectivity index (χ2v) is 2.12. The van der Waals surface area contributed by atoms with Gasteiger partial charge >= 0.3 is 5.97 Å². The Balaban J connectivity index is 4.07. The average molecular weight is 161 g/mol. The molecule has 0 spiro atoms. The van der Waals surface area contributed by atoms with E-state index in [2.05, 4.69) is 17.9 Å². The molecule has 0 N–H and O–H groups in total. The van der Waals surface area contributed by atoms with E-state index in [0.29, 0.717) is 0 Å². The number of ether oxygens (including phenoxy) is 1. The van der Waals surface area contributed by atoms with Crippen molar-refractivity contribution in [1.29, 1.82) is 0 Å². The van der Waals surface area contributed by atoms with Crippen LogP contribution in [0.2, 0.25) is 0 Å². The number of hydrogen-bond donors (Lipinski definition) is 0. The van der Waals surface area contributed by atoms with Gasteiger partial charge in [-0.05, 0) is 0 Å². The first kappa shape index (κ1) is 9.24. The summed E-state index contributed by atoms with van der Waals surface area (Å²) in [6, 6.07) is 0. The van der Waals surface area contributed by atoms with Gasteiger partial charge in [-0.25, -0.2) is 4.79 Å². The van der Waals surface area contributed by atoms with Crippen molar-refractivity contribution in [2.75, 3.05) is 7.11 Å². The van der Waals surface area contributed by atoms with Gasteiger partial charge in [0.2, 0.25) is 0 Å². The van der Waals surface area contributed by atoms with Crippen LogP contribution in [0.15, 0.2) is 24.8 Å². The minimum atomic E-state index is -0.535. The minimum absolute atomic E-state index is 0.208. The van der Waals surface area contributed by atoms with Gasteiger partial charge in [0, 0.05) is 0 Å². The van der Waals surface area contributed by atoms with Gasteiger partial charge in [0.25, 0.3) is 0 Å². The number of halogens is 1. The predicted molar refractivity (Wildman–Crippen MR) is 41.0 cm³/mol. The largest absolute Gasteiger partial charge is 0.466 e. The Morgan fingerprint density at radius 2 is 2.30 bits per heavy atom. The number of carbonyl (C=O) groups is 1. The van der Waals surface area contributed by atoms with E-state index in [1.165, 1.54) is 13.2 Å². The highest BCUT2D eigenvalue weighted by Crippen LogP contribution is 2.09. The van der Waals surface area contributed by atoms with E-state index in [9.17, 15) is 4.79 Å². The lowest BCUT2D eigenvalue weighted by Gasteiger charge is -2.04. The summed E-state index contributed by atoms with van der Waals surface area (Å²) in [7, 11) is 1.28. The lowest BCUT2D eigenvalue weighted by Crippen LogP contribution is -2.11. The molecule has 2 nitrogen and oxygen atoms in total. The molecule has 0 aliphatic rings. The first-order chi connectivity index (χ1) is 4.63. The van der Waals surface area contributed by atoms with E-state index in [1.807, 2.05) is 0 Å². The highest BCUT2D eigenvalue weighted by molar-refractivity contribution is 6.26. The summed E-state index contributed by atoms with van der Waals surface area (Å²) in [5, 5.41) is -0.535. The van der Waals surface area contributed by atoms with Gasteiger partial charge in [0.15, 0.2) is 0 Å². The van der Waals surface area contributed by atoms with Gasteiger partial charge < -0.3 is 4.74 Å². The molecule has 0 saturated carbocycles. The smallest absolute Gasteiger partial charge is 0.334 e. The Labute approximate surface area is 65.1 Å². The van der Waals surface area contributed by atoms with E-state index in [4.69, 9.17) is 11.6 Å². The molecule has 0 radical (unpaired) electrons. The molecule has 0 aliphatic heterocycles. The van der Waals surface area contributed by atoms with Gasteiger partial charge in [-0.2, -0.15) is 0 Å². The lowest BCUT2D eigenvalue weighted by atomic mass is 10.2. The van der Waals surface area contributed by atoms with E-state index in [1.54, 1.807) is 0 Å². The number of carbonyl (C=O) groups excluding carboxylic acids is 1. The van der Waals surface area contributed by atoms with E-state index in [0.717, 1.165) is 0 Å². The van der Waals surface area contributed by atoms with Crippen LogP contribution in [0, 0.1) is 0 Å². The maximum Gasteiger partial charge on any atom is 0.334 e. The molecule has 1 unspecified atom stereocenters. The highest BCUT2D eigenvalue weighted by atomic mass is 35.5. The van der Waals surface area contributed by atoms with Crippen molar-refractivity contribution in [3.63, 3.8) is 0 Å². The van der Waals surface area contributed by atoms with Crippen molar-refractivity contribution >= 4 is 17.6 Å². The average Bonchev–Trinajstić information content (AvgIpc) is 2.00. The summed E-state index contributed by atoms with van der Waals surface area (Å²) in [6.45, 7) is 6.82. The van der Waals surface area contributed by atoms with Crippen molar-refractivity contribution in [2.45, 2.75) is 5.38 Å². The van der Waals surface area contributed by atoms with Crippen LogP contribution in [-0.2, 0) is 9.53 Å². The lowest BCUT2D eigenvalue weighted by molar-refractivity contribution is -0.136.